The van der Waals surface area contributed by atoms with Crippen LogP contribution in [0.3, 0.4) is 0 Å². The fourth-order valence-corrected chi connectivity index (χ4v) is 0.728. The van der Waals surface area contributed by atoms with Gasteiger partial charge in [0.2, 0.25) is 0 Å². The first-order chi connectivity index (χ1) is 6.07. The molecule has 0 unspecified atom stereocenters. The number of nitro groups is 2. The first-order valence-corrected chi connectivity index (χ1v) is 2.91. The van der Waals surface area contributed by atoms with Gasteiger partial charge in [-0.25, -0.2) is 5.84 Å². The number of nitrogens with two attached hydrogens (primary N) is 1. The maximum Gasteiger partial charge on any atom is 0.424 e. The fourth-order valence-electron chi connectivity index (χ4n) is 0.728. The molecule has 4 N–H and O–H groups in total. The highest BCUT2D eigenvalue weighted by molar-refractivity contribution is 5.64. The summed E-state index contributed by atoms with van der Waals surface area (Å²) in [5.41, 5.74) is 1.08. The van der Waals surface area contributed by atoms with E-state index in [1.807, 2.05) is 10.5 Å². The number of rotatable bonds is 3. The number of nitrogens with zero attached hydrogens (tertiary/aromatic N) is 3. The van der Waals surface area contributed by atoms with Gasteiger partial charge in [0.1, 0.15) is 0 Å². The normalized spacial score (nSPS) is 9.62. The lowest BCUT2D eigenvalue weighted by molar-refractivity contribution is -0.424. The lowest BCUT2D eigenvalue weighted by Crippen LogP contribution is -2.09. The summed E-state index contributed by atoms with van der Waals surface area (Å²) in [7, 11) is 0. The lowest BCUT2D eigenvalue weighted by atomic mass is 10.5. The summed E-state index contributed by atoms with van der Waals surface area (Å²) in [4.78, 5) is 18.6. The van der Waals surface area contributed by atoms with E-state index >= 15 is 0 Å². The monoisotopic (exact) mass is 188 g/mol. The summed E-state index contributed by atoms with van der Waals surface area (Å²) in [5.74, 6) is 3.66. The van der Waals surface area contributed by atoms with Gasteiger partial charge in [-0.1, -0.05) is 5.10 Å². The molecule has 0 spiro atoms. The minimum Gasteiger partial charge on any atom is -0.358 e. The molecule has 13 heavy (non-hydrogen) atoms. The summed E-state index contributed by atoms with van der Waals surface area (Å²) >= 11 is 0. The SMILES string of the molecule is NNc1n[nH]c([N+](=O)[O-])c1[N+](=O)[O-]. The Balaban J connectivity index is 3.30. The van der Waals surface area contributed by atoms with Crippen LogP contribution in [0.1, 0.15) is 0 Å². The molecular weight excluding hydrogens is 184 g/mol. The summed E-state index contributed by atoms with van der Waals surface area (Å²) < 4.78 is 0. The molecule has 0 fully saturated rings. The number of hydrazine groups is 1. The molecule has 0 bridgehead atoms. The van der Waals surface area contributed by atoms with Gasteiger partial charge in [0, 0.05) is 0 Å². The predicted molar refractivity (Wildman–Crippen MR) is 39.7 cm³/mol. The predicted octanol–water partition coefficient (Wildman–Crippen LogP) is -0.488. The standard InChI is InChI=1S/C3H4N6O4/c4-5-2-1(8(10)11)3(7-6-2)9(12)13/h4H2,(H2,5,6,7). The van der Waals surface area contributed by atoms with Gasteiger partial charge in [-0.05, 0) is 4.92 Å². The second-order valence-electron chi connectivity index (χ2n) is 1.93. The van der Waals surface area contributed by atoms with Gasteiger partial charge in [0.05, 0.1) is 4.92 Å². The van der Waals surface area contributed by atoms with Crippen molar-refractivity contribution >= 4 is 17.3 Å². The molecule has 70 valence electrons. The Morgan fingerprint density at radius 1 is 1.38 bits per heavy atom. The Bertz CT molecular complexity index is 357. The fraction of sp³-hybridized carbons (Fsp3) is 0. The van der Waals surface area contributed by atoms with E-state index in [2.05, 4.69) is 5.10 Å². The van der Waals surface area contributed by atoms with E-state index in [9.17, 15) is 20.2 Å². The quantitative estimate of drug-likeness (QED) is 0.328. The molecular formula is C3H4N6O4. The Morgan fingerprint density at radius 2 is 2.00 bits per heavy atom. The first kappa shape index (κ1) is 8.86. The van der Waals surface area contributed by atoms with Gasteiger partial charge >= 0.3 is 11.5 Å². The van der Waals surface area contributed by atoms with Crippen LogP contribution >= 0.6 is 0 Å². The number of H-pyrrole nitrogens is 1. The molecule has 0 aromatic carbocycles. The van der Waals surface area contributed by atoms with Crippen LogP contribution in [0.5, 0.6) is 0 Å². The van der Waals surface area contributed by atoms with Crippen molar-refractivity contribution < 1.29 is 9.85 Å². The topological polar surface area (TPSA) is 153 Å². The minimum atomic E-state index is -0.952. The van der Waals surface area contributed by atoms with Crippen molar-refractivity contribution in [2.24, 2.45) is 5.84 Å². The van der Waals surface area contributed by atoms with Crippen LogP contribution in [-0.4, -0.2) is 20.0 Å². The van der Waals surface area contributed by atoms with E-state index in [1.54, 1.807) is 0 Å². The molecule has 10 heteroatoms. The van der Waals surface area contributed by atoms with Crippen molar-refractivity contribution in [2.45, 2.75) is 0 Å². The third-order valence-electron chi connectivity index (χ3n) is 1.22. The molecule has 1 aromatic heterocycles. The number of aromatic amines is 1. The zero-order valence-electron chi connectivity index (χ0n) is 6.05. The summed E-state index contributed by atoms with van der Waals surface area (Å²) in [6.07, 6.45) is 0. The van der Waals surface area contributed by atoms with Gasteiger partial charge in [-0.15, -0.1) is 5.10 Å². The Hall–Kier alpha value is -2.23. The number of hydrogen-bond acceptors (Lipinski definition) is 7. The highest BCUT2D eigenvalue weighted by atomic mass is 16.6. The summed E-state index contributed by atoms with van der Waals surface area (Å²) in [6.45, 7) is 0. The van der Waals surface area contributed by atoms with Crippen molar-refractivity contribution in [1.29, 1.82) is 0 Å². The van der Waals surface area contributed by atoms with Crippen LogP contribution in [0.4, 0.5) is 17.3 Å². The van der Waals surface area contributed by atoms with Crippen LogP contribution in [0.25, 0.3) is 0 Å². The zero-order valence-corrected chi connectivity index (χ0v) is 6.05. The maximum absolute atomic E-state index is 10.3. The highest BCUT2D eigenvalue weighted by Crippen LogP contribution is 2.30. The van der Waals surface area contributed by atoms with Crippen LogP contribution in [0.2, 0.25) is 0 Å². The smallest absolute Gasteiger partial charge is 0.358 e. The van der Waals surface area contributed by atoms with E-state index in [0.29, 0.717) is 0 Å². The number of aromatic nitrogens is 2. The molecule has 0 aliphatic carbocycles. The van der Waals surface area contributed by atoms with Crippen molar-refractivity contribution in [3.05, 3.63) is 20.2 Å². The lowest BCUT2D eigenvalue weighted by Gasteiger charge is -1.91. The molecule has 0 aliphatic rings. The second kappa shape index (κ2) is 3.02. The van der Waals surface area contributed by atoms with Crippen molar-refractivity contribution in [2.75, 3.05) is 5.43 Å². The van der Waals surface area contributed by atoms with Gasteiger partial charge in [-0.2, -0.15) is 0 Å². The number of hydrogen-bond donors (Lipinski definition) is 3. The summed E-state index contributed by atoms with van der Waals surface area (Å²) in [5, 5.41) is 25.6. The van der Waals surface area contributed by atoms with Crippen molar-refractivity contribution in [1.82, 2.24) is 10.2 Å². The number of nitrogen functional groups attached to an aromatic ring is 1. The van der Waals surface area contributed by atoms with E-state index in [4.69, 9.17) is 5.84 Å². The van der Waals surface area contributed by atoms with E-state index < -0.39 is 21.4 Å². The average Bonchev–Trinajstić information content (AvgIpc) is 2.46. The summed E-state index contributed by atoms with van der Waals surface area (Å²) in [6, 6.07) is 0. The maximum atomic E-state index is 10.3. The Kier molecular flexibility index (Phi) is 2.06. The van der Waals surface area contributed by atoms with Crippen molar-refractivity contribution in [3.63, 3.8) is 0 Å². The Labute approximate surface area is 70.0 Å². The second-order valence-corrected chi connectivity index (χ2v) is 1.93. The van der Waals surface area contributed by atoms with Gasteiger partial charge < -0.3 is 10.1 Å². The average molecular weight is 188 g/mol. The largest absolute Gasteiger partial charge is 0.424 e. The molecule has 0 radical (unpaired) electrons. The van der Waals surface area contributed by atoms with Crippen LogP contribution in [0, 0.1) is 20.2 Å². The number of nitrogens with one attached hydrogen (secondary N) is 2. The van der Waals surface area contributed by atoms with Crippen molar-refractivity contribution in [3.8, 4) is 0 Å². The molecule has 0 saturated heterocycles. The molecule has 1 aromatic rings. The van der Waals surface area contributed by atoms with E-state index in [-0.39, 0.29) is 5.82 Å². The molecule has 10 nitrogen and oxygen atoms in total. The van der Waals surface area contributed by atoms with Gasteiger partial charge in [0.25, 0.3) is 5.82 Å². The molecule has 1 rings (SSSR count). The molecule has 0 atom stereocenters. The van der Waals surface area contributed by atoms with Crippen LogP contribution in [-0.2, 0) is 0 Å². The Morgan fingerprint density at radius 3 is 2.38 bits per heavy atom. The number of anilines is 1. The third-order valence-corrected chi connectivity index (χ3v) is 1.22. The molecule has 1 heterocycles. The first-order valence-electron chi connectivity index (χ1n) is 2.91. The van der Waals surface area contributed by atoms with E-state index in [0.717, 1.165) is 0 Å². The van der Waals surface area contributed by atoms with Gasteiger partial charge in [-0.3, -0.25) is 15.5 Å². The van der Waals surface area contributed by atoms with E-state index in [1.165, 1.54) is 0 Å². The van der Waals surface area contributed by atoms with Crippen LogP contribution < -0.4 is 11.3 Å². The minimum absolute atomic E-state index is 0.378. The molecule has 0 aliphatic heterocycles. The van der Waals surface area contributed by atoms with Gasteiger partial charge in [0.15, 0.2) is 0 Å². The molecule has 0 saturated carbocycles. The molecule has 0 amide bonds. The highest BCUT2D eigenvalue weighted by Gasteiger charge is 2.32. The van der Waals surface area contributed by atoms with Crippen LogP contribution in [0.15, 0.2) is 0 Å². The third kappa shape index (κ3) is 1.37. The zero-order chi connectivity index (χ0) is 10.0.